The molecule has 0 bridgehead atoms. The largest absolute Gasteiger partial charge is 0.432 e. The van der Waals surface area contributed by atoms with Crippen LogP contribution in [-0.4, -0.2) is 38.3 Å². The average molecular weight is 667 g/mol. The van der Waals surface area contributed by atoms with Crippen molar-refractivity contribution in [2.24, 2.45) is 11.8 Å². The van der Waals surface area contributed by atoms with E-state index in [-0.39, 0.29) is 55.5 Å². The van der Waals surface area contributed by atoms with E-state index in [1.165, 1.54) is 0 Å². The minimum Gasteiger partial charge on any atom is -0.430 e. The minimum absolute atomic E-state index is 0.0101. The lowest BCUT2D eigenvalue weighted by molar-refractivity contribution is -0.286. The lowest BCUT2D eigenvalue weighted by Gasteiger charge is -2.39. The van der Waals surface area contributed by atoms with Crippen LogP contribution in [0.15, 0.2) is 24.3 Å². The molecule has 0 aliphatic carbocycles. The van der Waals surface area contributed by atoms with Crippen molar-refractivity contribution in [3.63, 3.8) is 0 Å². The van der Waals surface area contributed by atoms with Crippen LogP contribution in [-0.2, 0) is 26.5 Å². The van der Waals surface area contributed by atoms with Crippen molar-refractivity contribution in [1.29, 1.82) is 0 Å². The fraction of sp³-hybridized carbons (Fsp3) is 0.586. The summed E-state index contributed by atoms with van der Waals surface area (Å²) in [6, 6.07) is -0.548. The van der Waals surface area contributed by atoms with E-state index in [9.17, 15) is 48.3 Å². The van der Waals surface area contributed by atoms with Gasteiger partial charge in [-0.25, -0.2) is 17.6 Å². The Hall–Kier alpha value is -2.85. The van der Waals surface area contributed by atoms with E-state index in [0.717, 1.165) is 25.7 Å². The van der Waals surface area contributed by atoms with Crippen LogP contribution >= 0.6 is 0 Å². The van der Waals surface area contributed by atoms with Crippen LogP contribution in [0.2, 0.25) is 0 Å². The van der Waals surface area contributed by atoms with Crippen molar-refractivity contribution in [2.45, 2.75) is 76.2 Å². The third kappa shape index (κ3) is 8.50. The Kier molecular flexibility index (Phi) is 10.8. The predicted molar refractivity (Wildman–Crippen MR) is 134 cm³/mol. The molecule has 45 heavy (non-hydrogen) atoms. The number of hydrogen-bond donors (Lipinski definition) is 0. The molecular formula is C29H29F11O5. The quantitative estimate of drug-likeness (QED) is 0.177. The maximum absolute atomic E-state index is 14.9. The summed E-state index contributed by atoms with van der Waals surface area (Å²) in [6.45, 7) is 2.81. The molecule has 4 rings (SSSR count). The molecule has 5 nitrogen and oxygen atoms in total. The van der Waals surface area contributed by atoms with Crippen molar-refractivity contribution in [2.75, 3.05) is 19.8 Å². The van der Waals surface area contributed by atoms with Gasteiger partial charge < -0.3 is 23.7 Å². The fourth-order valence-corrected chi connectivity index (χ4v) is 5.12. The van der Waals surface area contributed by atoms with Crippen molar-refractivity contribution >= 4 is 0 Å². The molecule has 2 aromatic carbocycles. The zero-order valence-electron chi connectivity index (χ0n) is 23.7. The summed E-state index contributed by atoms with van der Waals surface area (Å²) in [6.07, 6.45) is -13.2. The highest BCUT2D eigenvalue weighted by atomic mass is 19.4. The molecule has 2 aliphatic heterocycles. The van der Waals surface area contributed by atoms with Crippen LogP contribution in [0.4, 0.5) is 48.3 Å². The van der Waals surface area contributed by atoms with E-state index in [1.807, 2.05) is 0 Å². The van der Waals surface area contributed by atoms with E-state index in [1.54, 1.807) is 0 Å². The lowest BCUT2D eigenvalue weighted by atomic mass is 9.96. The summed E-state index contributed by atoms with van der Waals surface area (Å²) >= 11 is 0. The molecule has 0 radical (unpaired) electrons. The van der Waals surface area contributed by atoms with Crippen LogP contribution < -0.4 is 9.47 Å². The van der Waals surface area contributed by atoms with Crippen LogP contribution in [0.1, 0.15) is 56.6 Å². The van der Waals surface area contributed by atoms with Crippen molar-refractivity contribution in [1.82, 2.24) is 0 Å². The lowest BCUT2D eigenvalue weighted by Crippen LogP contribution is -2.48. The van der Waals surface area contributed by atoms with Gasteiger partial charge >= 0.3 is 18.4 Å². The number of hydrogen-bond acceptors (Lipinski definition) is 5. The molecule has 0 amide bonds. The van der Waals surface area contributed by atoms with Gasteiger partial charge in [-0.15, -0.1) is 0 Å². The van der Waals surface area contributed by atoms with E-state index < -0.39 is 76.7 Å². The van der Waals surface area contributed by atoms with Crippen molar-refractivity contribution in [3.8, 4) is 11.5 Å². The monoisotopic (exact) mass is 666 g/mol. The van der Waals surface area contributed by atoms with E-state index in [0.29, 0.717) is 13.2 Å². The van der Waals surface area contributed by atoms with Crippen LogP contribution in [0.25, 0.3) is 0 Å². The third-order valence-corrected chi connectivity index (χ3v) is 7.38. The number of benzene rings is 2. The molecule has 2 aliphatic rings. The van der Waals surface area contributed by atoms with Gasteiger partial charge in [-0.2, -0.15) is 30.7 Å². The molecule has 0 aromatic heterocycles. The van der Waals surface area contributed by atoms with E-state index in [2.05, 4.69) is 16.4 Å². The Bertz CT molecular complexity index is 1260. The minimum atomic E-state index is -5.52. The van der Waals surface area contributed by atoms with Crippen LogP contribution in [0.3, 0.4) is 0 Å². The molecule has 2 unspecified atom stereocenters. The van der Waals surface area contributed by atoms with Gasteiger partial charge in [0.25, 0.3) is 0 Å². The molecule has 2 heterocycles. The van der Waals surface area contributed by atoms with Gasteiger partial charge in [0, 0.05) is 36.1 Å². The predicted octanol–water partition coefficient (Wildman–Crippen LogP) is 8.73. The molecule has 2 fully saturated rings. The van der Waals surface area contributed by atoms with Crippen molar-refractivity contribution < 1.29 is 72.0 Å². The van der Waals surface area contributed by atoms with E-state index in [4.69, 9.17) is 14.2 Å². The Morgan fingerprint density at radius 2 is 1.22 bits per heavy atom. The smallest absolute Gasteiger partial charge is 0.430 e. The Balaban J connectivity index is 1.37. The maximum Gasteiger partial charge on any atom is 0.432 e. The van der Waals surface area contributed by atoms with Gasteiger partial charge in [-0.1, -0.05) is 26.2 Å². The second kappa shape index (κ2) is 13.9. The van der Waals surface area contributed by atoms with Gasteiger partial charge in [-0.05, 0) is 19.3 Å². The first-order chi connectivity index (χ1) is 21.0. The number of rotatable bonds is 11. The Morgan fingerprint density at radius 1 is 0.689 bits per heavy atom. The number of halogens is 11. The van der Waals surface area contributed by atoms with Gasteiger partial charge in [0.2, 0.25) is 0 Å². The standard InChI is InChI=1S/C29H29F11O5/c1-2-3-4-5-15-12-42-26(43-13-15)16-6-7-23(41-14-16)28(37,38)44-17-10-21(32)25(22(33)11-17)29(39,40)45-18-8-19(30)24(20(31)9-18)27(34,35)36/h8-11,15-16,23,26H,2-7,12-14H2,1H3. The molecule has 0 spiro atoms. The number of ether oxygens (including phenoxy) is 5. The summed E-state index contributed by atoms with van der Waals surface area (Å²) in [5, 5.41) is 0. The van der Waals surface area contributed by atoms with Gasteiger partial charge in [0.15, 0.2) is 12.4 Å². The number of alkyl halides is 7. The fourth-order valence-electron chi connectivity index (χ4n) is 5.12. The van der Waals surface area contributed by atoms with Gasteiger partial charge in [0.05, 0.1) is 19.8 Å². The number of unbranched alkanes of at least 4 members (excludes halogenated alkanes) is 2. The summed E-state index contributed by atoms with van der Waals surface area (Å²) < 4.78 is 179. The molecule has 252 valence electrons. The first-order valence-corrected chi connectivity index (χ1v) is 14.1. The summed E-state index contributed by atoms with van der Waals surface area (Å²) in [4.78, 5) is 0. The molecular weight excluding hydrogens is 637 g/mol. The second-order valence-electron chi connectivity index (χ2n) is 10.9. The molecule has 0 N–H and O–H groups in total. The Morgan fingerprint density at radius 3 is 1.71 bits per heavy atom. The second-order valence-corrected chi connectivity index (χ2v) is 10.9. The first-order valence-electron chi connectivity index (χ1n) is 14.1. The molecule has 2 atom stereocenters. The highest BCUT2D eigenvalue weighted by Crippen LogP contribution is 2.41. The highest BCUT2D eigenvalue weighted by molar-refractivity contribution is 5.36. The summed E-state index contributed by atoms with van der Waals surface area (Å²) in [5.41, 5.74) is -4.59. The maximum atomic E-state index is 14.9. The summed E-state index contributed by atoms with van der Waals surface area (Å²) in [7, 11) is 0. The Labute approximate surface area is 250 Å². The molecule has 2 saturated heterocycles. The van der Waals surface area contributed by atoms with E-state index >= 15 is 0 Å². The molecule has 2 aromatic rings. The molecule has 0 saturated carbocycles. The molecule has 16 heteroatoms. The average Bonchev–Trinajstić information content (AvgIpc) is 2.91. The van der Waals surface area contributed by atoms with Gasteiger partial charge in [0.1, 0.15) is 45.9 Å². The highest BCUT2D eigenvalue weighted by Gasteiger charge is 2.48. The van der Waals surface area contributed by atoms with Crippen LogP contribution in [0, 0.1) is 35.1 Å². The summed E-state index contributed by atoms with van der Waals surface area (Å²) in [5.74, 6) is -11.9. The van der Waals surface area contributed by atoms with Crippen LogP contribution in [0.5, 0.6) is 11.5 Å². The zero-order valence-corrected chi connectivity index (χ0v) is 23.7. The third-order valence-electron chi connectivity index (χ3n) is 7.38. The first kappa shape index (κ1) is 35.0. The SMILES string of the molecule is CCCCCC1COC(C2CCC(C(F)(F)Oc3cc(F)c(C(F)(F)Oc4cc(F)c(C(F)(F)F)c(F)c4)c(F)c3)OC2)OC1. The normalized spacial score (nSPS) is 23.2. The zero-order chi connectivity index (χ0) is 33.2. The van der Waals surface area contributed by atoms with Gasteiger partial charge in [-0.3, -0.25) is 0 Å². The van der Waals surface area contributed by atoms with Crippen molar-refractivity contribution in [3.05, 3.63) is 58.7 Å². The topological polar surface area (TPSA) is 46.2 Å².